The molecule has 1 unspecified atom stereocenters. The van der Waals surface area contributed by atoms with Crippen LogP contribution < -0.4 is 10.2 Å². The topological polar surface area (TPSA) is 61.3 Å². The van der Waals surface area contributed by atoms with E-state index in [4.69, 9.17) is 4.98 Å². The molecule has 0 bridgehead atoms. The number of rotatable bonds is 7. The summed E-state index contributed by atoms with van der Waals surface area (Å²) in [4.78, 5) is 11.7. The van der Waals surface area contributed by atoms with E-state index in [1.165, 1.54) is 19.3 Å². The second-order valence-corrected chi connectivity index (χ2v) is 7.67. The van der Waals surface area contributed by atoms with Crippen molar-refractivity contribution in [1.82, 2.24) is 15.3 Å². The third kappa shape index (κ3) is 6.07. The number of nitrogens with one attached hydrogen (secondary N) is 1. The first-order valence-corrected chi connectivity index (χ1v) is 8.84. The molecule has 23 heavy (non-hydrogen) atoms. The Morgan fingerprint density at radius 2 is 1.96 bits per heavy atom. The molecule has 0 radical (unpaired) electrons. The number of anilines is 1. The van der Waals surface area contributed by atoms with Crippen LogP contribution in [0.1, 0.15) is 57.8 Å². The molecule has 2 rings (SSSR count). The van der Waals surface area contributed by atoms with E-state index in [1.54, 1.807) is 0 Å². The minimum Gasteiger partial charge on any atom is -0.393 e. The SMILES string of the molecule is Cc1cc(CNCC(C)(C)CC(C)O)nc(N2CCCCC2)n1. The summed E-state index contributed by atoms with van der Waals surface area (Å²) < 4.78 is 0. The van der Waals surface area contributed by atoms with Crippen molar-refractivity contribution in [3.63, 3.8) is 0 Å². The normalized spacial score (nSPS) is 17.3. The molecular weight excluding hydrogens is 288 g/mol. The molecule has 1 fully saturated rings. The van der Waals surface area contributed by atoms with Crippen molar-refractivity contribution in [3.05, 3.63) is 17.5 Å². The Morgan fingerprint density at radius 1 is 1.26 bits per heavy atom. The van der Waals surface area contributed by atoms with Gasteiger partial charge in [0.1, 0.15) is 0 Å². The quantitative estimate of drug-likeness (QED) is 0.809. The zero-order valence-corrected chi connectivity index (χ0v) is 15.1. The minimum atomic E-state index is -0.265. The fraction of sp³-hybridized carbons (Fsp3) is 0.778. The molecular formula is C18H32N4O. The largest absolute Gasteiger partial charge is 0.393 e. The van der Waals surface area contributed by atoms with Crippen LogP contribution >= 0.6 is 0 Å². The van der Waals surface area contributed by atoms with Crippen LogP contribution in [0.15, 0.2) is 6.07 Å². The first-order chi connectivity index (χ1) is 10.9. The zero-order chi connectivity index (χ0) is 16.9. The van der Waals surface area contributed by atoms with Crippen molar-refractivity contribution in [3.8, 4) is 0 Å². The molecule has 2 N–H and O–H groups in total. The van der Waals surface area contributed by atoms with Crippen molar-refractivity contribution < 1.29 is 5.11 Å². The molecule has 1 aromatic rings. The van der Waals surface area contributed by atoms with Gasteiger partial charge in [0.05, 0.1) is 11.8 Å². The molecule has 1 aliphatic rings. The van der Waals surface area contributed by atoms with Crippen LogP contribution in [-0.2, 0) is 6.54 Å². The Hall–Kier alpha value is -1.20. The summed E-state index contributed by atoms with van der Waals surface area (Å²) in [6.45, 7) is 12.0. The second-order valence-electron chi connectivity index (χ2n) is 7.67. The predicted octanol–water partition coefficient (Wildman–Crippen LogP) is 2.66. The monoisotopic (exact) mass is 320 g/mol. The smallest absolute Gasteiger partial charge is 0.225 e. The van der Waals surface area contributed by atoms with Gasteiger partial charge in [0.2, 0.25) is 5.95 Å². The highest BCUT2D eigenvalue weighted by atomic mass is 16.3. The summed E-state index contributed by atoms with van der Waals surface area (Å²) in [6, 6.07) is 2.06. The van der Waals surface area contributed by atoms with Gasteiger partial charge in [-0.05, 0) is 51.0 Å². The van der Waals surface area contributed by atoms with Crippen LogP contribution in [0.4, 0.5) is 5.95 Å². The van der Waals surface area contributed by atoms with Gasteiger partial charge in [-0.25, -0.2) is 9.97 Å². The van der Waals surface area contributed by atoms with Gasteiger partial charge in [0, 0.05) is 31.9 Å². The van der Waals surface area contributed by atoms with E-state index < -0.39 is 0 Å². The molecule has 0 aliphatic carbocycles. The summed E-state index contributed by atoms with van der Waals surface area (Å²) in [6.07, 6.45) is 4.31. The van der Waals surface area contributed by atoms with E-state index in [1.807, 2.05) is 13.8 Å². The molecule has 5 nitrogen and oxygen atoms in total. The number of hydrogen-bond donors (Lipinski definition) is 2. The van der Waals surface area contributed by atoms with Crippen LogP contribution in [0.2, 0.25) is 0 Å². The van der Waals surface area contributed by atoms with E-state index in [0.717, 1.165) is 49.9 Å². The molecule has 0 aromatic carbocycles. The minimum absolute atomic E-state index is 0.0753. The van der Waals surface area contributed by atoms with E-state index in [0.29, 0.717) is 0 Å². The average Bonchev–Trinajstić information content (AvgIpc) is 2.46. The highest BCUT2D eigenvalue weighted by molar-refractivity contribution is 5.32. The van der Waals surface area contributed by atoms with Crippen molar-refractivity contribution in [2.24, 2.45) is 5.41 Å². The van der Waals surface area contributed by atoms with Gasteiger partial charge in [0.25, 0.3) is 0 Å². The fourth-order valence-corrected chi connectivity index (χ4v) is 3.34. The summed E-state index contributed by atoms with van der Waals surface area (Å²) in [7, 11) is 0. The van der Waals surface area contributed by atoms with Crippen LogP contribution in [0.3, 0.4) is 0 Å². The van der Waals surface area contributed by atoms with E-state index >= 15 is 0 Å². The maximum Gasteiger partial charge on any atom is 0.225 e. The van der Waals surface area contributed by atoms with E-state index in [2.05, 4.69) is 35.1 Å². The third-order valence-corrected chi connectivity index (χ3v) is 4.29. The lowest BCUT2D eigenvalue weighted by Crippen LogP contribution is -2.33. The van der Waals surface area contributed by atoms with Crippen molar-refractivity contribution in [2.45, 2.75) is 66.0 Å². The number of aromatic nitrogens is 2. The standard InChI is InChI=1S/C18H32N4O/c1-14-10-16(12-19-13-18(3,4)11-15(2)23)21-17(20-14)22-8-6-5-7-9-22/h10,15,19,23H,5-9,11-13H2,1-4H3. The predicted molar refractivity (Wildman–Crippen MR) is 94.6 cm³/mol. The summed E-state index contributed by atoms with van der Waals surface area (Å²) >= 11 is 0. The lowest BCUT2D eigenvalue weighted by atomic mass is 9.87. The molecule has 0 saturated carbocycles. The number of aryl methyl sites for hydroxylation is 1. The molecule has 2 heterocycles. The van der Waals surface area contributed by atoms with Crippen molar-refractivity contribution >= 4 is 5.95 Å². The number of nitrogens with zero attached hydrogens (tertiary/aromatic N) is 3. The Balaban J connectivity index is 1.93. The Kier molecular flexibility index (Phi) is 6.36. The Bertz CT molecular complexity index is 496. The van der Waals surface area contributed by atoms with Crippen LogP contribution in [0.25, 0.3) is 0 Å². The zero-order valence-electron chi connectivity index (χ0n) is 15.1. The maximum absolute atomic E-state index is 9.57. The molecule has 1 aliphatic heterocycles. The van der Waals surface area contributed by atoms with Gasteiger partial charge in [-0.3, -0.25) is 0 Å². The average molecular weight is 320 g/mol. The maximum atomic E-state index is 9.57. The van der Waals surface area contributed by atoms with Crippen LogP contribution in [0.5, 0.6) is 0 Å². The van der Waals surface area contributed by atoms with Gasteiger partial charge in [-0.1, -0.05) is 13.8 Å². The highest BCUT2D eigenvalue weighted by Gasteiger charge is 2.20. The first kappa shape index (κ1) is 18.1. The number of aliphatic hydroxyl groups excluding tert-OH is 1. The number of hydrogen-bond acceptors (Lipinski definition) is 5. The Morgan fingerprint density at radius 3 is 2.61 bits per heavy atom. The molecule has 0 spiro atoms. The van der Waals surface area contributed by atoms with Crippen LogP contribution in [-0.4, -0.2) is 40.8 Å². The first-order valence-electron chi connectivity index (χ1n) is 8.84. The van der Waals surface area contributed by atoms with E-state index in [-0.39, 0.29) is 11.5 Å². The summed E-state index contributed by atoms with van der Waals surface area (Å²) in [5.41, 5.74) is 2.15. The van der Waals surface area contributed by atoms with Crippen molar-refractivity contribution in [1.29, 1.82) is 0 Å². The van der Waals surface area contributed by atoms with E-state index in [9.17, 15) is 5.11 Å². The molecule has 0 amide bonds. The Labute approximate surface area is 140 Å². The fourth-order valence-electron chi connectivity index (χ4n) is 3.34. The van der Waals surface area contributed by atoms with Gasteiger partial charge in [-0.15, -0.1) is 0 Å². The molecule has 5 heteroatoms. The van der Waals surface area contributed by atoms with Gasteiger partial charge >= 0.3 is 0 Å². The lowest BCUT2D eigenvalue weighted by Gasteiger charge is -2.28. The number of aliphatic hydroxyl groups is 1. The van der Waals surface area contributed by atoms with Crippen LogP contribution in [0, 0.1) is 12.3 Å². The third-order valence-electron chi connectivity index (χ3n) is 4.29. The molecule has 1 atom stereocenters. The summed E-state index contributed by atoms with van der Waals surface area (Å²) in [5.74, 6) is 0.879. The lowest BCUT2D eigenvalue weighted by molar-refractivity contribution is 0.128. The molecule has 1 aromatic heterocycles. The number of piperidine rings is 1. The van der Waals surface area contributed by atoms with Crippen molar-refractivity contribution in [2.75, 3.05) is 24.5 Å². The second kappa shape index (κ2) is 8.06. The molecule has 130 valence electrons. The van der Waals surface area contributed by atoms with Gasteiger partial charge < -0.3 is 15.3 Å². The molecule has 1 saturated heterocycles. The van der Waals surface area contributed by atoms with Gasteiger partial charge in [-0.2, -0.15) is 0 Å². The van der Waals surface area contributed by atoms with Gasteiger partial charge in [0.15, 0.2) is 0 Å². The summed E-state index contributed by atoms with van der Waals surface area (Å²) in [5, 5.41) is 13.1. The highest BCUT2D eigenvalue weighted by Crippen LogP contribution is 2.21.